The van der Waals surface area contributed by atoms with Crippen molar-refractivity contribution in [2.24, 2.45) is 7.05 Å². The van der Waals surface area contributed by atoms with E-state index in [4.69, 9.17) is 4.74 Å². The fourth-order valence-corrected chi connectivity index (χ4v) is 2.34. The first-order valence-corrected chi connectivity index (χ1v) is 7.38. The number of amides is 2. The lowest BCUT2D eigenvalue weighted by atomic mass is 10.2. The van der Waals surface area contributed by atoms with E-state index in [1.807, 2.05) is 30.3 Å². The summed E-state index contributed by atoms with van der Waals surface area (Å²) in [6.07, 6.45) is 1.75. The highest BCUT2D eigenvalue weighted by molar-refractivity contribution is 9.10. The molecule has 0 saturated heterocycles. The van der Waals surface area contributed by atoms with Crippen LogP contribution in [0, 0.1) is 0 Å². The lowest BCUT2D eigenvalue weighted by Gasteiger charge is -2.08. The predicted molar refractivity (Wildman–Crippen MR) is 84.8 cm³/mol. The van der Waals surface area contributed by atoms with Crippen molar-refractivity contribution in [2.75, 3.05) is 6.61 Å². The predicted octanol–water partition coefficient (Wildman–Crippen LogP) is 1.77. The minimum atomic E-state index is -0.419. The molecule has 0 aliphatic carbocycles. The summed E-state index contributed by atoms with van der Waals surface area (Å²) in [5.41, 5.74) is 6.06. The smallest absolute Gasteiger partial charge is 0.286 e. The summed E-state index contributed by atoms with van der Waals surface area (Å²) >= 11 is 3.28. The standard InChI is InChI=1S/C15H16BrN3O3/c1-19-8-12(16)7-13(19)15(21)18-17-14(20)10-22-9-11-5-3-2-4-6-11/h2-8H,9-10H2,1H3,(H,17,20)(H,18,21). The van der Waals surface area contributed by atoms with Crippen LogP contribution in [0.1, 0.15) is 16.1 Å². The summed E-state index contributed by atoms with van der Waals surface area (Å²) in [4.78, 5) is 23.5. The van der Waals surface area contributed by atoms with Crippen LogP contribution in [0.4, 0.5) is 0 Å². The molecule has 0 atom stereocenters. The molecular weight excluding hydrogens is 350 g/mol. The highest BCUT2D eigenvalue weighted by Gasteiger charge is 2.11. The number of hydrazine groups is 1. The molecule has 116 valence electrons. The van der Waals surface area contributed by atoms with Gasteiger partial charge in [-0.3, -0.25) is 20.4 Å². The third kappa shape index (κ3) is 4.71. The average molecular weight is 366 g/mol. The Labute approximate surface area is 136 Å². The van der Waals surface area contributed by atoms with Gasteiger partial charge in [-0.2, -0.15) is 0 Å². The van der Waals surface area contributed by atoms with Gasteiger partial charge in [0.15, 0.2) is 0 Å². The van der Waals surface area contributed by atoms with Gasteiger partial charge in [0.2, 0.25) is 0 Å². The maximum Gasteiger partial charge on any atom is 0.286 e. The number of hydrogen-bond donors (Lipinski definition) is 2. The fraction of sp³-hybridized carbons (Fsp3) is 0.200. The van der Waals surface area contributed by atoms with Crippen LogP contribution in [0.3, 0.4) is 0 Å². The Bertz CT molecular complexity index is 655. The van der Waals surface area contributed by atoms with Crippen molar-refractivity contribution in [3.8, 4) is 0 Å². The van der Waals surface area contributed by atoms with Gasteiger partial charge in [0.1, 0.15) is 12.3 Å². The van der Waals surface area contributed by atoms with E-state index < -0.39 is 11.8 Å². The summed E-state index contributed by atoms with van der Waals surface area (Å²) < 4.78 is 7.71. The number of nitrogens with zero attached hydrogens (tertiary/aromatic N) is 1. The number of aryl methyl sites for hydroxylation is 1. The normalized spacial score (nSPS) is 10.3. The molecule has 0 saturated carbocycles. The average Bonchev–Trinajstić information content (AvgIpc) is 2.84. The Morgan fingerprint density at radius 1 is 1.23 bits per heavy atom. The summed E-state index contributed by atoms with van der Waals surface area (Å²) in [6.45, 7) is 0.207. The van der Waals surface area contributed by atoms with Crippen LogP contribution in [0.15, 0.2) is 47.1 Å². The van der Waals surface area contributed by atoms with Crippen molar-refractivity contribution in [1.29, 1.82) is 0 Å². The number of nitrogens with one attached hydrogen (secondary N) is 2. The maximum atomic E-state index is 11.9. The van der Waals surface area contributed by atoms with E-state index in [2.05, 4.69) is 26.8 Å². The fourth-order valence-electron chi connectivity index (χ4n) is 1.81. The highest BCUT2D eigenvalue weighted by Crippen LogP contribution is 2.13. The molecule has 1 aromatic heterocycles. The van der Waals surface area contributed by atoms with E-state index in [0.29, 0.717) is 12.3 Å². The van der Waals surface area contributed by atoms with E-state index in [1.54, 1.807) is 23.9 Å². The lowest BCUT2D eigenvalue weighted by Crippen LogP contribution is -2.43. The first kappa shape index (κ1) is 16.3. The third-order valence-electron chi connectivity index (χ3n) is 2.86. The summed E-state index contributed by atoms with van der Waals surface area (Å²) in [7, 11) is 1.74. The Balaban J connectivity index is 1.71. The lowest BCUT2D eigenvalue weighted by molar-refractivity contribution is -0.126. The molecule has 0 unspecified atom stereocenters. The van der Waals surface area contributed by atoms with Crippen LogP contribution < -0.4 is 10.9 Å². The summed E-state index contributed by atoms with van der Waals surface area (Å²) in [5.74, 6) is -0.817. The number of rotatable bonds is 5. The Kier molecular flexibility index (Phi) is 5.74. The monoisotopic (exact) mass is 365 g/mol. The first-order valence-electron chi connectivity index (χ1n) is 6.59. The molecule has 2 N–H and O–H groups in total. The molecule has 1 heterocycles. The number of benzene rings is 1. The van der Waals surface area contributed by atoms with Crippen molar-refractivity contribution in [1.82, 2.24) is 15.4 Å². The van der Waals surface area contributed by atoms with Gasteiger partial charge in [-0.05, 0) is 27.6 Å². The van der Waals surface area contributed by atoms with E-state index >= 15 is 0 Å². The SMILES string of the molecule is Cn1cc(Br)cc1C(=O)NNC(=O)COCc1ccccc1. The van der Waals surface area contributed by atoms with Gasteiger partial charge in [0, 0.05) is 17.7 Å². The van der Waals surface area contributed by atoms with Gasteiger partial charge in [0.05, 0.1) is 6.61 Å². The molecule has 0 bridgehead atoms. The minimum Gasteiger partial charge on any atom is -0.367 e. The number of ether oxygens (including phenoxy) is 1. The van der Waals surface area contributed by atoms with Gasteiger partial charge in [0.25, 0.3) is 11.8 Å². The Morgan fingerprint density at radius 3 is 2.59 bits per heavy atom. The number of hydrogen-bond acceptors (Lipinski definition) is 3. The van der Waals surface area contributed by atoms with E-state index in [9.17, 15) is 9.59 Å². The van der Waals surface area contributed by atoms with Gasteiger partial charge in [-0.25, -0.2) is 0 Å². The van der Waals surface area contributed by atoms with Crippen LogP contribution in [0.5, 0.6) is 0 Å². The zero-order valence-corrected chi connectivity index (χ0v) is 13.6. The molecule has 0 radical (unpaired) electrons. The number of halogens is 1. The van der Waals surface area contributed by atoms with Gasteiger partial charge in [-0.1, -0.05) is 30.3 Å². The molecule has 2 aromatic rings. The molecule has 2 rings (SSSR count). The second kappa shape index (κ2) is 7.77. The second-order valence-corrected chi connectivity index (χ2v) is 5.55. The maximum absolute atomic E-state index is 11.9. The molecule has 0 fully saturated rings. The first-order chi connectivity index (χ1) is 10.6. The van der Waals surface area contributed by atoms with Crippen LogP contribution in [-0.4, -0.2) is 23.0 Å². The highest BCUT2D eigenvalue weighted by atomic mass is 79.9. The number of aromatic nitrogens is 1. The zero-order valence-electron chi connectivity index (χ0n) is 12.0. The van der Waals surface area contributed by atoms with E-state index in [1.165, 1.54) is 0 Å². The molecule has 7 heteroatoms. The largest absolute Gasteiger partial charge is 0.367 e. The molecular formula is C15H16BrN3O3. The molecule has 0 aliphatic rings. The van der Waals surface area contributed by atoms with Crippen molar-refractivity contribution >= 4 is 27.7 Å². The van der Waals surface area contributed by atoms with Crippen molar-refractivity contribution < 1.29 is 14.3 Å². The molecule has 22 heavy (non-hydrogen) atoms. The zero-order chi connectivity index (χ0) is 15.9. The van der Waals surface area contributed by atoms with Crippen LogP contribution in [0.2, 0.25) is 0 Å². The van der Waals surface area contributed by atoms with Gasteiger partial charge >= 0.3 is 0 Å². The van der Waals surface area contributed by atoms with Crippen LogP contribution >= 0.6 is 15.9 Å². The van der Waals surface area contributed by atoms with Crippen LogP contribution in [-0.2, 0) is 23.2 Å². The minimum absolute atomic E-state index is 0.133. The van der Waals surface area contributed by atoms with Crippen LogP contribution in [0.25, 0.3) is 0 Å². The molecule has 1 aromatic carbocycles. The topological polar surface area (TPSA) is 72.4 Å². The van der Waals surface area contributed by atoms with Crippen molar-refractivity contribution in [3.05, 3.63) is 58.3 Å². The molecule has 2 amide bonds. The Morgan fingerprint density at radius 2 is 1.95 bits per heavy atom. The second-order valence-electron chi connectivity index (χ2n) is 4.64. The van der Waals surface area contributed by atoms with E-state index in [0.717, 1.165) is 10.0 Å². The Hall–Kier alpha value is -2.12. The summed E-state index contributed by atoms with van der Waals surface area (Å²) in [6, 6.07) is 11.2. The van der Waals surface area contributed by atoms with Gasteiger partial charge < -0.3 is 9.30 Å². The molecule has 6 nitrogen and oxygen atoms in total. The molecule has 0 aliphatic heterocycles. The quantitative estimate of drug-likeness (QED) is 0.793. The summed E-state index contributed by atoms with van der Waals surface area (Å²) in [5, 5.41) is 0. The number of carbonyl (C=O) groups is 2. The van der Waals surface area contributed by atoms with Crippen molar-refractivity contribution in [2.45, 2.75) is 6.61 Å². The van der Waals surface area contributed by atoms with Gasteiger partial charge in [-0.15, -0.1) is 0 Å². The molecule has 0 spiro atoms. The van der Waals surface area contributed by atoms with Crippen molar-refractivity contribution in [3.63, 3.8) is 0 Å². The number of carbonyl (C=O) groups excluding carboxylic acids is 2. The third-order valence-corrected chi connectivity index (χ3v) is 3.30. The van der Waals surface area contributed by atoms with E-state index in [-0.39, 0.29) is 6.61 Å².